The van der Waals surface area contributed by atoms with Gasteiger partial charge in [-0.1, -0.05) is 27.7 Å². The first-order valence-electron chi connectivity index (χ1n) is 8.43. The van der Waals surface area contributed by atoms with E-state index in [-0.39, 0.29) is 0 Å². The molecule has 0 bridgehead atoms. The van der Waals surface area contributed by atoms with Crippen molar-refractivity contribution in [3.8, 4) is 0 Å². The number of nitrogens with one attached hydrogen (secondary N) is 1. The van der Waals surface area contributed by atoms with Gasteiger partial charge in [0.1, 0.15) is 5.82 Å². The van der Waals surface area contributed by atoms with Crippen molar-refractivity contribution in [3.05, 3.63) is 23.4 Å². The summed E-state index contributed by atoms with van der Waals surface area (Å²) >= 11 is 0. The summed E-state index contributed by atoms with van der Waals surface area (Å²) in [6.07, 6.45) is 5.89. The third-order valence-corrected chi connectivity index (χ3v) is 5.06. The maximum atomic E-state index is 4.76. The lowest BCUT2D eigenvalue weighted by Gasteiger charge is -2.27. The van der Waals surface area contributed by atoms with Crippen LogP contribution in [-0.4, -0.2) is 24.1 Å². The zero-order valence-corrected chi connectivity index (χ0v) is 14.4. The largest absolute Gasteiger partial charge is 0.356 e. The second-order valence-electron chi connectivity index (χ2n) is 6.90. The van der Waals surface area contributed by atoms with Crippen molar-refractivity contribution in [1.29, 1.82) is 0 Å². The highest BCUT2D eigenvalue weighted by atomic mass is 15.2. The Kier molecular flexibility index (Phi) is 5.26. The molecule has 2 heterocycles. The van der Waals surface area contributed by atoms with E-state index in [9.17, 15) is 0 Å². The fourth-order valence-corrected chi connectivity index (χ4v) is 3.32. The number of nitrogens with zero attached hydrogens (tertiary/aromatic N) is 2. The van der Waals surface area contributed by atoms with Gasteiger partial charge in [0, 0.05) is 31.9 Å². The van der Waals surface area contributed by atoms with Crippen LogP contribution >= 0.6 is 0 Å². The highest BCUT2D eigenvalue weighted by Crippen LogP contribution is 2.39. The fourth-order valence-electron chi connectivity index (χ4n) is 3.32. The summed E-state index contributed by atoms with van der Waals surface area (Å²) in [4.78, 5) is 7.25. The molecule has 1 fully saturated rings. The van der Waals surface area contributed by atoms with Crippen LogP contribution in [0.1, 0.15) is 58.1 Å². The van der Waals surface area contributed by atoms with Crippen LogP contribution in [0.25, 0.3) is 0 Å². The van der Waals surface area contributed by atoms with E-state index in [2.05, 4.69) is 50.9 Å². The normalized spacial score (nSPS) is 17.7. The summed E-state index contributed by atoms with van der Waals surface area (Å²) in [7, 11) is 0. The Labute approximate surface area is 130 Å². The Morgan fingerprint density at radius 1 is 1.33 bits per heavy atom. The number of aromatic nitrogens is 1. The molecule has 0 atom stereocenters. The van der Waals surface area contributed by atoms with E-state index in [1.165, 1.54) is 36.2 Å². The number of anilines is 1. The van der Waals surface area contributed by atoms with Crippen molar-refractivity contribution in [2.45, 2.75) is 66.5 Å². The number of rotatable bonds is 6. The molecule has 0 aliphatic carbocycles. The summed E-state index contributed by atoms with van der Waals surface area (Å²) in [6, 6.07) is 2.80. The number of aryl methyl sites for hydroxylation is 1. The highest BCUT2D eigenvalue weighted by molar-refractivity contribution is 5.48. The predicted molar refractivity (Wildman–Crippen MR) is 90.8 cm³/mol. The predicted octanol–water partition coefficient (Wildman–Crippen LogP) is 3.90. The molecule has 0 radical (unpaired) electrons. The van der Waals surface area contributed by atoms with Crippen molar-refractivity contribution >= 4 is 5.82 Å². The smallest absolute Gasteiger partial charge is 0.131 e. The van der Waals surface area contributed by atoms with E-state index in [0.717, 1.165) is 19.6 Å². The lowest BCUT2D eigenvalue weighted by atomic mass is 9.82. The van der Waals surface area contributed by atoms with Crippen LogP contribution in [0.15, 0.2) is 12.3 Å². The number of pyridine rings is 1. The molecule has 118 valence electrons. The molecule has 21 heavy (non-hydrogen) atoms. The van der Waals surface area contributed by atoms with Crippen molar-refractivity contribution in [3.63, 3.8) is 0 Å². The molecule has 0 unspecified atom stereocenters. The molecule has 0 saturated carbocycles. The Morgan fingerprint density at radius 3 is 2.57 bits per heavy atom. The van der Waals surface area contributed by atoms with E-state index in [1.807, 2.05) is 6.20 Å². The van der Waals surface area contributed by atoms with Crippen molar-refractivity contribution in [1.82, 2.24) is 10.3 Å². The molecule has 0 aromatic carbocycles. The van der Waals surface area contributed by atoms with E-state index >= 15 is 0 Å². The summed E-state index contributed by atoms with van der Waals surface area (Å²) in [6.45, 7) is 14.4. The molecule has 1 N–H and O–H groups in total. The van der Waals surface area contributed by atoms with Gasteiger partial charge in [-0.2, -0.15) is 0 Å². The third kappa shape index (κ3) is 3.76. The molecular formula is C18H31N3. The Hall–Kier alpha value is -1.09. The fraction of sp³-hybridized carbons (Fsp3) is 0.722. The zero-order valence-electron chi connectivity index (χ0n) is 14.4. The average molecular weight is 289 g/mol. The van der Waals surface area contributed by atoms with Gasteiger partial charge in [0.05, 0.1) is 0 Å². The first-order valence-corrected chi connectivity index (χ1v) is 8.43. The quantitative estimate of drug-likeness (QED) is 0.860. The van der Waals surface area contributed by atoms with Gasteiger partial charge < -0.3 is 10.2 Å². The minimum absolute atomic E-state index is 0.506. The summed E-state index contributed by atoms with van der Waals surface area (Å²) < 4.78 is 0. The first-order chi connectivity index (χ1) is 9.99. The molecule has 2 rings (SSSR count). The highest BCUT2D eigenvalue weighted by Gasteiger charge is 2.35. The zero-order chi connectivity index (χ0) is 15.5. The number of hydrogen-bond donors (Lipinski definition) is 1. The van der Waals surface area contributed by atoms with Gasteiger partial charge >= 0.3 is 0 Å². The van der Waals surface area contributed by atoms with Crippen LogP contribution in [-0.2, 0) is 6.54 Å². The summed E-state index contributed by atoms with van der Waals surface area (Å²) in [5.41, 5.74) is 3.09. The Balaban J connectivity index is 2.08. The minimum Gasteiger partial charge on any atom is -0.356 e. The molecule has 1 aromatic rings. The van der Waals surface area contributed by atoms with E-state index in [1.54, 1.807) is 0 Å². The average Bonchev–Trinajstić information content (AvgIpc) is 2.90. The second-order valence-corrected chi connectivity index (χ2v) is 6.90. The molecule has 1 saturated heterocycles. The number of hydrogen-bond acceptors (Lipinski definition) is 3. The van der Waals surface area contributed by atoms with Crippen LogP contribution in [0.2, 0.25) is 0 Å². The van der Waals surface area contributed by atoms with E-state index < -0.39 is 0 Å². The van der Waals surface area contributed by atoms with Crippen LogP contribution in [0.5, 0.6) is 0 Å². The molecule has 0 amide bonds. The molecule has 3 heteroatoms. The SMILES string of the molecule is CCC1(CC)CCN(c2ncc(CNC(C)C)cc2C)C1. The standard InChI is InChI=1S/C18H31N3/c1-6-18(7-2)8-9-21(13-18)17-15(5)10-16(12-20-17)11-19-14(3)4/h10,12,14,19H,6-9,11,13H2,1-5H3. The maximum Gasteiger partial charge on any atom is 0.131 e. The molecular weight excluding hydrogens is 258 g/mol. The van der Waals surface area contributed by atoms with Crippen LogP contribution in [0.4, 0.5) is 5.82 Å². The van der Waals surface area contributed by atoms with Gasteiger partial charge in [-0.05, 0) is 48.8 Å². The molecule has 1 aromatic heterocycles. The minimum atomic E-state index is 0.506. The Bertz CT molecular complexity index is 464. The van der Waals surface area contributed by atoms with Gasteiger partial charge in [-0.3, -0.25) is 0 Å². The lowest BCUT2D eigenvalue weighted by Crippen LogP contribution is -2.27. The van der Waals surface area contributed by atoms with Gasteiger partial charge in [0.25, 0.3) is 0 Å². The van der Waals surface area contributed by atoms with Gasteiger partial charge in [-0.15, -0.1) is 0 Å². The van der Waals surface area contributed by atoms with E-state index in [0.29, 0.717) is 11.5 Å². The third-order valence-electron chi connectivity index (χ3n) is 5.06. The van der Waals surface area contributed by atoms with Gasteiger partial charge in [0.15, 0.2) is 0 Å². The molecule has 0 spiro atoms. The topological polar surface area (TPSA) is 28.2 Å². The van der Waals surface area contributed by atoms with Crippen LogP contribution in [0.3, 0.4) is 0 Å². The maximum absolute atomic E-state index is 4.76. The molecule has 1 aliphatic rings. The van der Waals surface area contributed by atoms with Crippen molar-refractivity contribution < 1.29 is 0 Å². The summed E-state index contributed by atoms with van der Waals surface area (Å²) in [5.74, 6) is 1.19. The van der Waals surface area contributed by atoms with E-state index in [4.69, 9.17) is 4.98 Å². The van der Waals surface area contributed by atoms with Gasteiger partial charge in [0.2, 0.25) is 0 Å². The molecule has 3 nitrogen and oxygen atoms in total. The monoisotopic (exact) mass is 289 g/mol. The Morgan fingerprint density at radius 2 is 2.05 bits per heavy atom. The molecule has 1 aliphatic heterocycles. The van der Waals surface area contributed by atoms with Crippen molar-refractivity contribution in [2.24, 2.45) is 5.41 Å². The van der Waals surface area contributed by atoms with Crippen LogP contribution < -0.4 is 10.2 Å². The summed E-state index contributed by atoms with van der Waals surface area (Å²) in [5, 5.41) is 3.46. The lowest BCUT2D eigenvalue weighted by molar-refractivity contribution is 0.301. The van der Waals surface area contributed by atoms with Crippen molar-refractivity contribution in [2.75, 3.05) is 18.0 Å². The first kappa shape index (κ1) is 16.3. The van der Waals surface area contributed by atoms with Crippen LogP contribution in [0, 0.1) is 12.3 Å². The van der Waals surface area contributed by atoms with Gasteiger partial charge in [-0.25, -0.2) is 4.98 Å². The second kappa shape index (κ2) is 6.78.